The number of nitrogens with zero attached hydrogens (tertiary/aromatic N) is 1. The molecule has 0 aliphatic carbocycles. The summed E-state index contributed by atoms with van der Waals surface area (Å²) >= 11 is 0. The van der Waals surface area contributed by atoms with E-state index in [4.69, 9.17) is 9.47 Å². The van der Waals surface area contributed by atoms with Crippen molar-refractivity contribution >= 4 is 5.91 Å². The van der Waals surface area contributed by atoms with Gasteiger partial charge in [0.25, 0.3) is 5.91 Å². The molecule has 0 fully saturated rings. The molecule has 138 valence electrons. The lowest BCUT2D eigenvalue weighted by Crippen LogP contribution is -2.40. The highest BCUT2D eigenvalue weighted by molar-refractivity contribution is 5.80. The zero-order valence-corrected chi connectivity index (χ0v) is 15.6. The Balaban J connectivity index is 1.90. The van der Waals surface area contributed by atoms with E-state index in [2.05, 4.69) is 18.7 Å². The quantitative estimate of drug-likeness (QED) is 0.609. The summed E-state index contributed by atoms with van der Waals surface area (Å²) in [5.74, 6) is 0.755. The Bertz CT molecular complexity index is 700. The molecule has 0 aromatic heterocycles. The monoisotopic (exact) mass is 353 g/mol. The number of hydrogen-bond donors (Lipinski definition) is 0. The van der Waals surface area contributed by atoms with Crippen molar-refractivity contribution in [3.8, 4) is 5.75 Å². The van der Waals surface area contributed by atoms with Crippen LogP contribution in [-0.2, 0) is 22.6 Å². The van der Waals surface area contributed by atoms with Crippen molar-refractivity contribution in [1.82, 2.24) is 4.90 Å². The van der Waals surface area contributed by atoms with Crippen LogP contribution in [0.3, 0.4) is 0 Å². The number of rotatable bonds is 10. The minimum Gasteiger partial charge on any atom is -0.497 e. The summed E-state index contributed by atoms with van der Waals surface area (Å²) in [6.07, 6.45) is 2.04. The van der Waals surface area contributed by atoms with Crippen molar-refractivity contribution in [3.63, 3.8) is 0 Å². The van der Waals surface area contributed by atoms with Gasteiger partial charge in [0.1, 0.15) is 11.9 Å². The number of methoxy groups -OCH3 is 1. The van der Waals surface area contributed by atoms with Crippen molar-refractivity contribution in [1.29, 1.82) is 0 Å². The van der Waals surface area contributed by atoms with Gasteiger partial charge in [-0.1, -0.05) is 48.5 Å². The number of hydrogen-bond acceptors (Lipinski definition) is 3. The van der Waals surface area contributed by atoms with Crippen LogP contribution in [0, 0.1) is 0 Å². The smallest absolute Gasteiger partial charge is 0.251 e. The Morgan fingerprint density at radius 1 is 1.15 bits per heavy atom. The maximum atomic E-state index is 12.7. The molecule has 2 rings (SSSR count). The van der Waals surface area contributed by atoms with Crippen LogP contribution in [0.5, 0.6) is 5.75 Å². The molecule has 2 aromatic carbocycles. The first-order valence-corrected chi connectivity index (χ1v) is 8.82. The maximum Gasteiger partial charge on any atom is 0.251 e. The lowest BCUT2D eigenvalue weighted by atomic mass is 10.1. The summed E-state index contributed by atoms with van der Waals surface area (Å²) in [5, 5.41) is 0. The van der Waals surface area contributed by atoms with E-state index in [0.717, 1.165) is 17.7 Å². The van der Waals surface area contributed by atoms with Crippen molar-refractivity contribution in [3.05, 3.63) is 78.4 Å². The molecule has 4 heteroatoms. The number of ether oxygens (including phenoxy) is 2. The third-order valence-corrected chi connectivity index (χ3v) is 4.16. The van der Waals surface area contributed by atoms with Gasteiger partial charge in [0.05, 0.1) is 13.7 Å². The second-order valence-corrected chi connectivity index (χ2v) is 6.11. The van der Waals surface area contributed by atoms with Crippen LogP contribution in [0.1, 0.15) is 18.1 Å². The summed E-state index contributed by atoms with van der Waals surface area (Å²) in [6.45, 7) is 7.07. The molecule has 1 unspecified atom stereocenters. The minimum atomic E-state index is -0.517. The molecule has 0 spiro atoms. The van der Waals surface area contributed by atoms with E-state index in [9.17, 15) is 4.79 Å². The summed E-state index contributed by atoms with van der Waals surface area (Å²) in [4.78, 5) is 14.5. The molecular formula is C22H27NO3. The highest BCUT2D eigenvalue weighted by Crippen LogP contribution is 2.14. The molecule has 2 aromatic rings. The zero-order valence-electron chi connectivity index (χ0n) is 15.6. The number of amides is 1. The molecule has 0 heterocycles. The van der Waals surface area contributed by atoms with E-state index < -0.39 is 6.10 Å². The lowest BCUT2D eigenvalue weighted by molar-refractivity contribution is -0.142. The molecule has 4 nitrogen and oxygen atoms in total. The molecule has 1 atom stereocenters. The van der Waals surface area contributed by atoms with Gasteiger partial charge in [-0.25, -0.2) is 0 Å². The minimum absolute atomic E-state index is 0.0243. The normalized spacial score (nSPS) is 11.6. The largest absolute Gasteiger partial charge is 0.497 e. The molecule has 0 saturated carbocycles. The maximum absolute atomic E-state index is 12.7. The Kier molecular flexibility index (Phi) is 7.90. The van der Waals surface area contributed by atoms with E-state index in [0.29, 0.717) is 19.7 Å². The Morgan fingerprint density at radius 3 is 2.58 bits per heavy atom. The first kappa shape index (κ1) is 19.7. The van der Waals surface area contributed by atoms with Gasteiger partial charge in [0.15, 0.2) is 0 Å². The Morgan fingerprint density at radius 2 is 1.88 bits per heavy atom. The highest BCUT2D eigenvalue weighted by atomic mass is 16.5. The zero-order chi connectivity index (χ0) is 18.8. The molecular weight excluding hydrogens is 326 g/mol. The average Bonchev–Trinajstić information content (AvgIpc) is 2.69. The van der Waals surface area contributed by atoms with Gasteiger partial charge in [-0.05, 0) is 36.6 Å². The summed E-state index contributed by atoms with van der Waals surface area (Å²) in [6, 6.07) is 17.8. The number of carbonyl (C=O) groups excluding carboxylic acids is 1. The van der Waals surface area contributed by atoms with Gasteiger partial charge in [-0.2, -0.15) is 0 Å². The van der Waals surface area contributed by atoms with E-state index in [-0.39, 0.29) is 5.91 Å². The van der Waals surface area contributed by atoms with Gasteiger partial charge in [0.2, 0.25) is 0 Å². The van der Waals surface area contributed by atoms with Gasteiger partial charge < -0.3 is 14.4 Å². The van der Waals surface area contributed by atoms with E-state index in [1.54, 1.807) is 25.0 Å². The van der Waals surface area contributed by atoms with Crippen LogP contribution in [-0.4, -0.2) is 37.1 Å². The van der Waals surface area contributed by atoms with Crippen molar-refractivity contribution < 1.29 is 14.3 Å². The molecule has 0 bridgehead atoms. The van der Waals surface area contributed by atoms with Gasteiger partial charge in [-0.3, -0.25) is 4.79 Å². The second-order valence-electron chi connectivity index (χ2n) is 6.11. The summed E-state index contributed by atoms with van der Waals surface area (Å²) < 4.78 is 11.0. The third kappa shape index (κ3) is 6.05. The predicted molar refractivity (Wildman–Crippen MR) is 104 cm³/mol. The van der Waals surface area contributed by atoms with E-state index in [1.807, 2.05) is 42.5 Å². The van der Waals surface area contributed by atoms with Crippen LogP contribution >= 0.6 is 0 Å². The molecule has 0 aliphatic rings. The fourth-order valence-electron chi connectivity index (χ4n) is 2.67. The molecule has 26 heavy (non-hydrogen) atoms. The number of benzene rings is 2. The molecule has 0 N–H and O–H groups in total. The van der Waals surface area contributed by atoms with Crippen LogP contribution in [0.4, 0.5) is 0 Å². The van der Waals surface area contributed by atoms with Crippen molar-refractivity contribution in [2.24, 2.45) is 0 Å². The van der Waals surface area contributed by atoms with Crippen LogP contribution in [0.25, 0.3) is 0 Å². The highest BCUT2D eigenvalue weighted by Gasteiger charge is 2.20. The van der Waals surface area contributed by atoms with Gasteiger partial charge in [-0.15, -0.1) is 6.58 Å². The lowest BCUT2D eigenvalue weighted by Gasteiger charge is -2.25. The predicted octanol–water partition coefficient (Wildman–Crippen LogP) is 3.86. The molecule has 0 radical (unpaired) electrons. The Labute approximate surface area is 156 Å². The first-order valence-electron chi connectivity index (χ1n) is 8.82. The average molecular weight is 353 g/mol. The number of carbonyl (C=O) groups is 1. The molecule has 1 amide bonds. The first-order chi connectivity index (χ1) is 12.6. The fraction of sp³-hybridized carbons (Fsp3) is 0.318. The van der Waals surface area contributed by atoms with Crippen LogP contribution < -0.4 is 4.74 Å². The third-order valence-electron chi connectivity index (χ3n) is 4.16. The fourth-order valence-corrected chi connectivity index (χ4v) is 2.67. The van der Waals surface area contributed by atoms with Gasteiger partial charge >= 0.3 is 0 Å². The van der Waals surface area contributed by atoms with E-state index in [1.165, 1.54) is 5.56 Å². The molecule has 0 saturated heterocycles. The van der Waals surface area contributed by atoms with Gasteiger partial charge in [0, 0.05) is 13.1 Å². The summed E-state index contributed by atoms with van der Waals surface area (Å²) in [5.41, 5.74) is 2.18. The van der Waals surface area contributed by atoms with E-state index >= 15 is 0 Å². The van der Waals surface area contributed by atoms with Crippen LogP contribution in [0.15, 0.2) is 67.3 Å². The molecule has 0 aliphatic heterocycles. The topological polar surface area (TPSA) is 38.8 Å². The summed E-state index contributed by atoms with van der Waals surface area (Å²) in [7, 11) is 1.63. The SMILES string of the molecule is C=CCN(CCc1ccccc1)C(=O)C(C)OCc1cccc(OC)c1. The van der Waals surface area contributed by atoms with Crippen molar-refractivity contribution in [2.75, 3.05) is 20.2 Å². The second kappa shape index (κ2) is 10.4. The van der Waals surface area contributed by atoms with Crippen molar-refractivity contribution in [2.45, 2.75) is 26.1 Å². The Hall–Kier alpha value is -2.59. The standard InChI is InChI=1S/C22H27NO3/c1-4-14-23(15-13-19-9-6-5-7-10-19)22(24)18(2)26-17-20-11-8-12-21(16-20)25-3/h4-12,16,18H,1,13-15,17H2,2-3H3. The van der Waals surface area contributed by atoms with Crippen LogP contribution in [0.2, 0.25) is 0 Å².